The number of nitrogens with one attached hydrogen (secondary N) is 1. The zero-order chi connectivity index (χ0) is 14.2. The second-order valence-electron chi connectivity index (χ2n) is 4.68. The van der Waals surface area contributed by atoms with Crippen molar-refractivity contribution in [3.8, 4) is 5.75 Å². The van der Waals surface area contributed by atoms with Gasteiger partial charge in [0.25, 0.3) is 0 Å². The van der Waals surface area contributed by atoms with Crippen LogP contribution in [-0.4, -0.2) is 29.5 Å². The fourth-order valence-corrected chi connectivity index (χ4v) is 2.01. The summed E-state index contributed by atoms with van der Waals surface area (Å²) >= 11 is 0. The summed E-state index contributed by atoms with van der Waals surface area (Å²) in [4.78, 5) is 0. The molecule has 2 aromatic rings. The van der Waals surface area contributed by atoms with Crippen LogP contribution in [0.5, 0.6) is 5.75 Å². The molecule has 0 aliphatic carbocycles. The van der Waals surface area contributed by atoms with Gasteiger partial charge in [-0.05, 0) is 19.1 Å². The molecule has 1 aromatic heterocycles. The van der Waals surface area contributed by atoms with Gasteiger partial charge in [-0.3, -0.25) is 4.68 Å². The Labute approximate surface area is 120 Å². The van der Waals surface area contributed by atoms with Crippen molar-refractivity contribution < 1.29 is 4.74 Å². The van der Waals surface area contributed by atoms with Crippen LogP contribution >= 0.6 is 0 Å². The average Bonchev–Trinajstić information content (AvgIpc) is 2.97. The van der Waals surface area contributed by atoms with Gasteiger partial charge in [-0.15, -0.1) is 0 Å². The van der Waals surface area contributed by atoms with Crippen LogP contribution in [0.25, 0.3) is 6.08 Å². The van der Waals surface area contributed by atoms with Gasteiger partial charge in [-0.1, -0.05) is 30.4 Å². The largest absolute Gasteiger partial charge is 0.496 e. The summed E-state index contributed by atoms with van der Waals surface area (Å²) < 4.78 is 7.24. The summed E-state index contributed by atoms with van der Waals surface area (Å²) in [7, 11) is 1.69. The Morgan fingerprint density at radius 3 is 2.95 bits per heavy atom. The Morgan fingerprint density at radius 1 is 1.35 bits per heavy atom. The van der Waals surface area contributed by atoms with Crippen molar-refractivity contribution in [1.29, 1.82) is 0 Å². The molecule has 0 aliphatic heterocycles. The van der Waals surface area contributed by atoms with Crippen LogP contribution < -0.4 is 10.1 Å². The van der Waals surface area contributed by atoms with Crippen molar-refractivity contribution >= 4 is 6.08 Å². The minimum atomic E-state index is 0.372. The summed E-state index contributed by atoms with van der Waals surface area (Å²) in [5, 5.41) is 7.64. The lowest BCUT2D eigenvalue weighted by molar-refractivity contribution is 0.414. The molecule has 2 rings (SSSR count). The molecule has 0 bridgehead atoms. The lowest BCUT2D eigenvalue weighted by atomic mass is 10.2. The van der Waals surface area contributed by atoms with Crippen molar-refractivity contribution in [2.75, 3.05) is 13.7 Å². The third-order valence-electron chi connectivity index (χ3n) is 3.04. The highest BCUT2D eigenvalue weighted by Crippen LogP contribution is 2.18. The Balaban J connectivity index is 1.78. The molecule has 4 nitrogen and oxygen atoms in total. The predicted octanol–water partition coefficient (Wildman–Crippen LogP) is 2.58. The van der Waals surface area contributed by atoms with E-state index in [1.165, 1.54) is 0 Å². The highest BCUT2D eigenvalue weighted by molar-refractivity contribution is 5.57. The third-order valence-corrected chi connectivity index (χ3v) is 3.04. The minimum absolute atomic E-state index is 0.372. The van der Waals surface area contributed by atoms with Crippen molar-refractivity contribution in [3.63, 3.8) is 0 Å². The van der Waals surface area contributed by atoms with E-state index in [1.807, 2.05) is 41.2 Å². The number of hydrogen-bond donors (Lipinski definition) is 1. The number of aromatic nitrogens is 2. The van der Waals surface area contributed by atoms with Gasteiger partial charge in [0.05, 0.1) is 13.7 Å². The zero-order valence-electron chi connectivity index (χ0n) is 12.0. The highest BCUT2D eigenvalue weighted by Gasteiger charge is 2.01. The molecule has 1 N–H and O–H groups in total. The summed E-state index contributed by atoms with van der Waals surface area (Å²) in [5.41, 5.74) is 1.09. The smallest absolute Gasteiger partial charge is 0.126 e. The number of para-hydroxylation sites is 1. The number of ether oxygens (including phenoxy) is 1. The van der Waals surface area contributed by atoms with Gasteiger partial charge in [-0.2, -0.15) is 5.10 Å². The van der Waals surface area contributed by atoms with Crippen LogP contribution in [0, 0.1) is 0 Å². The molecule has 0 aliphatic rings. The first-order valence-electron chi connectivity index (χ1n) is 6.80. The Morgan fingerprint density at radius 2 is 2.20 bits per heavy atom. The molecule has 0 spiro atoms. The molecule has 106 valence electrons. The van der Waals surface area contributed by atoms with Crippen molar-refractivity contribution in [2.24, 2.45) is 0 Å². The number of benzene rings is 1. The van der Waals surface area contributed by atoms with Gasteiger partial charge >= 0.3 is 0 Å². The molecule has 4 heteroatoms. The van der Waals surface area contributed by atoms with Crippen molar-refractivity contribution in [3.05, 3.63) is 54.4 Å². The van der Waals surface area contributed by atoms with Gasteiger partial charge in [0.1, 0.15) is 5.75 Å². The highest BCUT2D eigenvalue weighted by atomic mass is 16.5. The lowest BCUT2D eigenvalue weighted by Crippen LogP contribution is -2.30. The van der Waals surface area contributed by atoms with Crippen molar-refractivity contribution in [2.45, 2.75) is 19.5 Å². The molecule has 0 amide bonds. The standard InChI is InChI=1S/C16H21N3O/c1-14(13-19-12-6-11-18-19)17-10-5-8-15-7-3-4-9-16(15)20-2/h3-9,11-12,14,17H,10,13H2,1-2H3/b8-5-/t14-/m0/s1. The summed E-state index contributed by atoms with van der Waals surface area (Å²) in [6.45, 7) is 3.84. The first kappa shape index (κ1) is 14.3. The summed E-state index contributed by atoms with van der Waals surface area (Å²) in [6, 6.07) is 10.3. The van der Waals surface area contributed by atoms with Crippen LogP contribution in [0.3, 0.4) is 0 Å². The molecule has 0 unspecified atom stereocenters. The van der Waals surface area contributed by atoms with Gasteiger partial charge < -0.3 is 10.1 Å². The van der Waals surface area contributed by atoms with E-state index in [-0.39, 0.29) is 0 Å². The topological polar surface area (TPSA) is 39.1 Å². The number of rotatable bonds is 7. The van der Waals surface area contributed by atoms with Gasteiger partial charge in [-0.25, -0.2) is 0 Å². The third kappa shape index (κ3) is 4.24. The second kappa shape index (κ2) is 7.50. The molecule has 1 atom stereocenters. The second-order valence-corrected chi connectivity index (χ2v) is 4.68. The molecular formula is C16H21N3O. The van der Waals surface area contributed by atoms with Gasteiger partial charge in [0, 0.05) is 30.5 Å². The fourth-order valence-electron chi connectivity index (χ4n) is 2.01. The Kier molecular flexibility index (Phi) is 5.38. The first-order chi connectivity index (χ1) is 9.79. The molecule has 0 saturated heterocycles. The fraction of sp³-hybridized carbons (Fsp3) is 0.312. The minimum Gasteiger partial charge on any atom is -0.496 e. The van der Waals surface area contributed by atoms with Gasteiger partial charge in [0.15, 0.2) is 0 Å². The molecule has 20 heavy (non-hydrogen) atoms. The molecule has 0 saturated carbocycles. The number of methoxy groups -OCH3 is 1. The number of nitrogens with zero attached hydrogens (tertiary/aromatic N) is 2. The van der Waals surface area contributed by atoms with Crippen molar-refractivity contribution in [1.82, 2.24) is 15.1 Å². The van der Waals surface area contributed by atoms with Crippen LogP contribution in [0.1, 0.15) is 12.5 Å². The molecule has 1 heterocycles. The maximum absolute atomic E-state index is 5.31. The molecule has 0 radical (unpaired) electrons. The molecular weight excluding hydrogens is 250 g/mol. The summed E-state index contributed by atoms with van der Waals surface area (Å²) in [5.74, 6) is 0.897. The summed E-state index contributed by atoms with van der Waals surface area (Å²) in [6.07, 6.45) is 7.96. The first-order valence-corrected chi connectivity index (χ1v) is 6.80. The van der Waals surface area contributed by atoms with Crippen LogP contribution in [0.4, 0.5) is 0 Å². The Hall–Kier alpha value is -2.07. The van der Waals surface area contributed by atoms with E-state index in [1.54, 1.807) is 13.3 Å². The Bertz CT molecular complexity index is 534. The zero-order valence-corrected chi connectivity index (χ0v) is 12.0. The van der Waals surface area contributed by atoms with E-state index in [4.69, 9.17) is 4.74 Å². The maximum Gasteiger partial charge on any atom is 0.126 e. The van der Waals surface area contributed by atoms with E-state index in [0.29, 0.717) is 6.04 Å². The normalized spacial score (nSPS) is 12.7. The SMILES string of the molecule is COc1ccccc1/C=C\CN[C@@H](C)Cn1cccn1. The quantitative estimate of drug-likeness (QED) is 0.841. The maximum atomic E-state index is 5.31. The molecule has 0 fully saturated rings. The van der Waals surface area contributed by atoms with E-state index < -0.39 is 0 Å². The predicted molar refractivity (Wildman–Crippen MR) is 81.7 cm³/mol. The van der Waals surface area contributed by atoms with Crippen LogP contribution in [0.15, 0.2) is 48.8 Å². The van der Waals surface area contributed by atoms with Crippen LogP contribution in [0.2, 0.25) is 0 Å². The van der Waals surface area contributed by atoms with Gasteiger partial charge in [0.2, 0.25) is 0 Å². The lowest BCUT2D eigenvalue weighted by Gasteiger charge is -2.12. The van der Waals surface area contributed by atoms with E-state index in [2.05, 4.69) is 29.5 Å². The van der Waals surface area contributed by atoms with E-state index in [0.717, 1.165) is 24.4 Å². The van der Waals surface area contributed by atoms with Crippen LogP contribution in [-0.2, 0) is 6.54 Å². The van der Waals surface area contributed by atoms with E-state index >= 15 is 0 Å². The van der Waals surface area contributed by atoms with E-state index in [9.17, 15) is 0 Å². The monoisotopic (exact) mass is 271 g/mol. The molecule has 1 aromatic carbocycles. The number of hydrogen-bond acceptors (Lipinski definition) is 3. The average molecular weight is 271 g/mol.